The predicted octanol–water partition coefficient (Wildman–Crippen LogP) is 1.52. The van der Waals surface area contributed by atoms with Gasteiger partial charge in [-0.15, -0.1) is 0 Å². The highest BCUT2D eigenvalue weighted by Gasteiger charge is 2.47. The summed E-state index contributed by atoms with van der Waals surface area (Å²) in [6.45, 7) is 4.55. The number of rotatable bonds is 7. The van der Waals surface area contributed by atoms with E-state index in [0.29, 0.717) is 43.9 Å². The van der Waals surface area contributed by atoms with E-state index in [1.165, 1.54) is 0 Å². The lowest BCUT2D eigenvalue weighted by Crippen LogP contribution is -2.48. The number of nitrogens with zero attached hydrogens (tertiary/aromatic N) is 3. The molecular formula is C27H38N4O5. The minimum Gasteiger partial charge on any atom is -0.497 e. The monoisotopic (exact) mass is 498 g/mol. The third-order valence-electron chi connectivity index (χ3n) is 7.87. The topological polar surface area (TPSA) is 91.4 Å². The number of amides is 3. The molecule has 1 aromatic rings. The van der Waals surface area contributed by atoms with E-state index < -0.39 is 6.04 Å². The highest BCUT2D eigenvalue weighted by atomic mass is 16.5. The van der Waals surface area contributed by atoms with E-state index in [1.54, 1.807) is 36.3 Å². The SMILES string of the molecule is COc1cccc(C(=O)N2CC(N(CC3CCCO3)C(=O)C3CC3)CC2C(=O)N2CCCNCC2)c1. The van der Waals surface area contributed by atoms with Gasteiger partial charge in [-0.25, -0.2) is 0 Å². The van der Waals surface area contributed by atoms with Crippen molar-refractivity contribution >= 4 is 17.7 Å². The van der Waals surface area contributed by atoms with Crippen molar-refractivity contribution in [2.75, 3.05) is 53.0 Å². The molecule has 0 spiro atoms. The van der Waals surface area contributed by atoms with E-state index >= 15 is 0 Å². The van der Waals surface area contributed by atoms with Crippen LogP contribution in [0.25, 0.3) is 0 Å². The fourth-order valence-electron chi connectivity index (χ4n) is 5.69. The maximum Gasteiger partial charge on any atom is 0.254 e. The zero-order valence-electron chi connectivity index (χ0n) is 21.2. The Labute approximate surface area is 213 Å². The van der Waals surface area contributed by atoms with Crippen LogP contribution in [-0.2, 0) is 14.3 Å². The van der Waals surface area contributed by atoms with Crippen molar-refractivity contribution < 1.29 is 23.9 Å². The molecule has 4 fully saturated rings. The summed E-state index contributed by atoms with van der Waals surface area (Å²) < 4.78 is 11.2. The van der Waals surface area contributed by atoms with Gasteiger partial charge in [0.05, 0.1) is 19.3 Å². The Morgan fingerprint density at radius 3 is 2.75 bits per heavy atom. The number of hydrogen-bond donors (Lipinski definition) is 1. The highest BCUT2D eigenvalue weighted by Crippen LogP contribution is 2.35. The Hall–Kier alpha value is -2.65. The van der Waals surface area contributed by atoms with Crippen LogP contribution in [0.2, 0.25) is 0 Å². The van der Waals surface area contributed by atoms with Gasteiger partial charge in [0, 0.05) is 50.8 Å². The van der Waals surface area contributed by atoms with E-state index in [4.69, 9.17) is 9.47 Å². The van der Waals surface area contributed by atoms with Crippen LogP contribution < -0.4 is 10.1 Å². The molecule has 3 heterocycles. The Morgan fingerprint density at radius 2 is 2.00 bits per heavy atom. The Bertz CT molecular complexity index is 953. The number of hydrogen-bond acceptors (Lipinski definition) is 6. The first-order valence-corrected chi connectivity index (χ1v) is 13.4. The molecule has 9 nitrogen and oxygen atoms in total. The van der Waals surface area contributed by atoms with E-state index in [2.05, 4.69) is 5.32 Å². The van der Waals surface area contributed by atoms with E-state index in [1.807, 2.05) is 9.80 Å². The molecule has 196 valence electrons. The smallest absolute Gasteiger partial charge is 0.254 e. The van der Waals surface area contributed by atoms with Gasteiger partial charge in [0.1, 0.15) is 11.8 Å². The third-order valence-corrected chi connectivity index (χ3v) is 7.87. The van der Waals surface area contributed by atoms with Gasteiger partial charge in [0.15, 0.2) is 0 Å². The highest BCUT2D eigenvalue weighted by molar-refractivity contribution is 5.98. The maximum atomic E-state index is 13.8. The van der Waals surface area contributed by atoms with Gasteiger partial charge in [-0.3, -0.25) is 14.4 Å². The third kappa shape index (κ3) is 5.52. The standard InChI is InChI=1S/C27H38N4O5/c1-35-22-6-2-5-20(15-22)26(33)31-17-21(16-24(31)27(34)29-12-4-10-28-11-13-29)30(25(32)19-8-9-19)18-23-7-3-14-36-23/h2,5-6,15,19,21,23-24,28H,3-4,7-14,16-18H2,1H3. The maximum absolute atomic E-state index is 13.8. The summed E-state index contributed by atoms with van der Waals surface area (Å²) in [6, 6.07) is 6.27. The van der Waals surface area contributed by atoms with Gasteiger partial charge < -0.3 is 29.5 Å². The lowest BCUT2D eigenvalue weighted by atomic mass is 10.1. The number of benzene rings is 1. The second kappa shape index (κ2) is 11.2. The van der Waals surface area contributed by atoms with Crippen LogP contribution in [0.15, 0.2) is 24.3 Å². The predicted molar refractivity (Wildman–Crippen MR) is 134 cm³/mol. The molecule has 36 heavy (non-hydrogen) atoms. The number of likely N-dealkylation sites (tertiary alicyclic amines) is 1. The van der Waals surface area contributed by atoms with Crippen molar-refractivity contribution in [1.29, 1.82) is 0 Å². The van der Waals surface area contributed by atoms with Gasteiger partial charge in [-0.2, -0.15) is 0 Å². The summed E-state index contributed by atoms with van der Waals surface area (Å²) >= 11 is 0. The number of carbonyl (C=O) groups is 3. The molecule has 1 aromatic carbocycles. The summed E-state index contributed by atoms with van der Waals surface area (Å²) in [5.74, 6) is 0.603. The van der Waals surface area contributed by atoms with E-state index in [0.717, 1.165) is 51.8 Å². The first kappa shape index (κ1) is 25.0. The molecule has 3 saturated heterocycles. The summed E-state index contributed by atoms with van der Waals surface area (Å²) in [7, 11) is 1.57. The minimum absolute atomic E-state index is 0.0200. The second-order valence-corrected chi connectivity index (χ2v) is 10.4. The molecule has 9 heteroatoms. The van der Waals surface area contributed by atoms with Crippen molar-refractivity contribution in [3.63, 3.8) is 0 Å². The summed E-state index contributed by atoms with van der Waals surface area (Å²) in [4.78, 5) is 46.5. The summed E-state index contributed by atoms with van der Waals surface area (Å²) in [5.41, 5.74) is 0.490. The van der Waals surface area contributed by atoms with Crippen LogP contribution in [0.3, 0.4) is 0 Å². The van der Waals surface area contributed by atoms with Crippen molar-refractivity contribution in [1.82, 2.24) is 20.0 Å². The summed E-state index contributed by atoms with van der Waals surface area (Å²) in [5, 5.41) is 3.34. The lowest BCUT2D eigenvalue weighted by Gasteiger charge is -2.31. The first-order valence-electron chi connectivity index (χ1n) is 13.4. The molecule has 4 aliphatic rings. The number of nitrogens with one attached hydrogen (secondary N) is 1. The lowest BCUT2D eigenvalue weighted by molar-refractivity contribution is -0.137. The Kier molecular flexibility index (Phi) is 7.76. The Balaban J connectivity index is 1.41. The van der Waals surface area contributed by atoms with Gasteiger partial charge in [0.2, 0.25) is 11.8 Å². The molecule has 3 amide bonds. The van der Waals surface area contributed by atoms with Crippen LogP contribution in [0.5, 0.6) is 5.75 Å². The molecule has 1 N–H and O–H groups in total. The quantitative estimate of drug-likeness (QED) is 0.613. The Morgan fingerprint density at radius 1 is 1.14 bits per heavy atom. The number of carbonyl (C=O) groups excluding carboxylic acids is 3. The molecule has 3 unspecified atom stereocenters. The van der Waals surface area contributed by atoms with E-state index in [-0.39, 0.29) is 35.8 Å². The first-order chi connectivity index (χ1) is 17.5. The second-order valence-electron chi connectivity index (χ2n) is 10.4. The molecule has 3 aliphatic heterocycles. The van der Waals surface area contributed by atoms with Crippen molar-refractivity contribution in [3.05, 3.63) is 29.8 Å². The minimum atomic E-state index is -0.592. The van der Waals surface area contributed by atoms with Crippen LogP contribution in [0, 0.1) is 5.92 Å². The number of methoxy groups -OCH3 is 1. The van der Waals surface area contributed by atoms with Crippen LogP contribution >= 0.6 is 0 Å². The van der Waals surface area contributed by atoms with Crippen LogP contribution in [0.4, 0.5) is 0 Å². The van der Waals surface area contributed by atoms with Crippen molar-refractivity contribution in [2.24, 2.45) is 5.92 Å². The van der Waals surface area contributed by atoms with Gasteiger partial charge in [-0.05, 0) is 63.3 Å². The number of ether oxygens (including phenoxy) is 2. The molecule has 0 radical (unpaired) electrons. The van der Waals surface area contributed by atoms with Crippen LogP contribution in [-0.4, -0.2) is 104 Å². The average molecular weight is 499 g/mol. The van der Waals surface area contributed by atoms with Crippen molar-refractivity contribution in [3.8, 4) is 5.75 Å². The van der Waals surface area contributed by atoms with Gasteiger partial charge in [0.25, 0.3) is 5.91 Å². The molecular weight excluding hydrogens is 460 g/mol. The van der Waals surface area contributed by atoms with E-state index in [9.17, 15) is 14.4 Å². The zero-order valence-corrected chi connectivity index (χ0v) is 21.2. The molecule has 1 aliphatic carbocycles. The van der Waals surface area contributed by atoms with Gasteiger partial charge in [-0.1, -0.05) is 6.07 Å². The van der Waals surface area contributed by atoms with Crippen LogP contribution in [0.1, 0.15) is 48.9 Å². The summed E-state index contributed by atoms with van der Waals surface area (Å²) in [6.07, 6.45) is 5.16. The molecule has 0 aromatic heterocycles. The van der Waals surface area contributed by atoms with Gasteiger partial charge >= 0.3 is 0 Å². The molecule has 5 rings (SSSR count). The fraction of sp³-hybridized carbons (Fsp3) is 0.667. The fourth-order valence-corrected chi connectivity index (χ4v) is 5.69. The molecule has 0 bridgehead atoms. The average Bonchev–Trinajstić information content (AvgIpc) is 3.56. The van der Waals surface area contributed by atoms with Crippen molar-refractivity contribution in [2.45, 2.75) is 56.7 Å². The normalized spacial score (nSPS) is 26.5. The largest absolute Gasteiger partial charge is 0.497 e. The molecule has 3 atom stereocenters. The zero-order chi connectivity index (χ0) is 25.1. The molecule has 1 saturated carbocycles.